The zero-order chi connectivity index (χ0) is 13.8. The summed E-state index contributed by atoms with van der Waals surface area (Å²) in [7, 11) is 0. The van der Waals surface area contributed by atoms with E-state index >= 15 is 0 Å². The Balaban J connectivity index is 1.85. The summed E-state index contributed by atoms with van der Waals surface area (Å²) in [4.78, 5) is 4.11. The molecule has 0 amide bonds. The van der Waals surface area contributed by atoms with Crippen molar-refractivity contribution in [2.45, 2.75) is 24.8 Å². The molecule has 102 valence electrons. The van der Waals surface area contributed by atoms with E-state index in [2.05, 4.69) is 16.9 Å². The Hall–Kier alpha value is -1.19. The molecule has 2 rings (SSSR count). The third-order valence-electron chi connectivity index (χ3n) is 3.30. The summed E-state index contributed by atoms with van der Waals surface area (Å²) < 4.78 is 0. The maximum Gasteiger partial charge on any atom is 0.189 e. The van der Waals surface area contributed by atoms with Crippen molar-refractivity contribution in [3.05, 3.63) is 46.5 Å². The van der Waals surface area contributed by atoms with Crippen LogP contribution in [0.1, 0.15) is 24.3 Å². The second-order valence-electron chi connectivity index (χ2n) is 4.70. The van der Waals surface area contributed by atoms with Crippen LogP contribution in [0.4, 0.5) is 0 Å². The van der Waals surface area contributed by atoms with Crippen molar-refractivity contribution < 1.29 is 0 Å². The van der Waals surface area contributed by atoms with Crippen molar-refractivity contribution in [1.29, 1.82) is 0 Å². The van der Waals surface area contributed by atoms with Gasteiger partial charge in [0, 0.05) is 6.04 Å². The molecule has 0 spiro atoms. The molecule has 0 atom stereocenters. The number of rotatable bonds is 4. The maximum atomic E-state index is 6.02. The van der Waals surface area contributed by atoms with Gasteiger partial charge in [-0.2, -0.15) is 0 Å². The molecule has 19 heavy (non-hydrogen) atoms. The Morgan fingerprint density at radius 1 is 1.42 bits per heavy atom. The fraction of sp³-hybridized carbons (Fsp3) is 0.357. The van der Waals surface area contributed by atoms with Gasteiger partial charge in [-0.3, -0.25) is 0 Å². The largest absolute Gasteiger partial charge is 0.370 e. The quantitative estimate of drug-likeness (QED) is 0.509. The van der Waals surface area contributed by atoms with Gasteiger partial charge >= 0.3 is 0 Å². The number of hydrogen-bond acceptors (Lipinski definition) is 1. The Morgan fingerprint density at radius 2 is 2.16 bits per heavy atom. The van der Waals surface area contributed by atoms with Crippen LogP contribution in [-0.4, -0.2) is 18.5 Å². The monoisotopic (exact) mass is 297 g/mol. The van der Waals surface area contributed by atoms with Gasteiger partial charge in [0.15, 0.2) is 5.96 Å². The van der Waals surface area contributed by atoms with Gasteiger partial charge in [0.2, 0.25) is 0 Å². The highest BCUT2D eigenvalue weighted by Crippen LogP contribution is 2.38. The molecule has 0 aliphatic heterocycles. The number of aliphatic imine (C=N–C) groups is 1. The summed E-state index contributed by atoms with van der Waals surface area (Å²) in [6.45, 7) is 4.14. The van der Waals surface area contributed by atoms with Crippen LogP contribution in [0.25, 0.3) is 0 Å². The van der Waals surface area contributed by atoms with Crippen LogP contribution in [-0.2, 0) is 0 Å². The summed E-state index contributed by atoms with van der Waals surface area (Å²) in [5, 5.41) is 4.41. The molecule has 0 saturated heterocycles. The molecule has 1 aromatic carbocycles. The SMILES string of the molecule is C=CCN=C(N)NC1CC(c2ccc(Cl)c(Cl)c2)C1. The Bertz CT molecular complexity index is 493. The second kappa shape index (κ2) is 6.31. The highest BCUT2D eigenvalue weighted by molar-refractivity contribution is 6.42. The van der Waals surface area contributed by atoms with Gasteiger partial charge in [0.25, 0.3) is 0 Å². The average Bonchev–Trinajstić information content (AvgIpc) is 2.34. The van der Waals surface area contributed by atoms with Gasteiger partial charge in [-0.25, -0.2) is 4.99 Å². The zero-order valence-electron chi connectivity index (χ0n) is 10.6. The normalized spacial score (nSPS) is 22.7. The number of hydrogen-bond donors (Lipinski definition) is 2. The number of halogens is 2. The van der Waals surface area contributed by atoms with E-state index in [-0.39, 0.29) is 0 Å². The molecule has 0 heterocycles. The third kappa shape index (κ3) is 3.64. The smallest absolute Gasteiger partial charge is 0.189 e. The molecule has 3 nitrogen and oxygen atoms in total. The van der Waals surface area contributed by atoms with Gasteiger partial charge < -0.3 is 11.1 Å². The van der Waals surface area contributed by atoms with Crippen LogP contribution in [0.2, 0.25) is 10.0 Å². The third-order valence-corrected chi connectivity index (χ3v) is 4.03. The molecule has 1 fully saturated rings. The molecule has 1 aliphatic carbocycles. The molecule has 1 saturated carbocycles. The van der Waals surface area contributed by atoms with Gasteiger partial charge in [-0.15, -0.1) is 6.58 Å². The van der Waals surface area contributed by atoms with E-state index in [1.54, 1.807) is 6.08 Å². The van der Waals surface area contributed by atoms with Crippen molar-refractivity contribution in [1.82, 2.24) is 5.32 Å². The van der Waals surface area contributed by atoms with Crippen LogP contribution in [0, 0.1) is 0 Å². The van der Waals surface area contributed by atoms with E-state index in [4.69, 9.17) is 28.9 Å². The topological polar surface area (TPSA) is 50.4 Å². The molecular formula is C14H17Cl2N3. The molecule has 3 N–H and O–H groups in total. The molecular weight excluding hydrogens is 281 g/mol. The van der Waals surface area contributed by atoms with Gasteiger partial charge in [0.1, 0.15) is 0 Å². The van der Waals surface area contributed by atoms with Crippen molar-refractivity contribution >= 4 is 29.2 Å². The van der Waals surface area contributed by atoms with E-state index in [0.717, 1.165) is 12.8 Å². The molecule has 5 heteroatoms. The van der Waals surface area contributed by atoms with Crippen molar-refractivity contribution in [2.75, 3.05) is 6.54 Å². The first kappa shape index (κ1) is 14.2. The summed E-state index contributed by atoms with van der Waals surface area (Å²) >= 11 is 11.9. The lowest BCUT2D eigenvalue weighted by Gasteiger charge is -2.36. The fourth-order valence-corrected chi connectivity index (χ4v) is 2.50. The standard InChI is InChI=1S/C14H17Cl2N3/c1-2-5-18-14(17)19-11-6-10(7-11)9-3-4-12(15)13(16)8-9/h2-4,8,10-11H,1,5-7H2,(H3,17,18,19). The van der Waals surface area contributed by atoms with Crippen molar-refractivity contribution in [2.24, 2.45) is 10.7 Å². The first-order valence-electron chi connectivity index (χ1n) is 6.22. The second-order valence-corrected chi connectivity index (χ2v) is 5.51. The predicted molar refractivity (Wildman–Crippen MR) is 82.0 cm³/mol. The van der Waals surface area contributed by atoms with E-state index < -0.39 is 0 Å². The van der Waals surface area contributed by atoms with Crippen LogP contribution in [0.15, 0.2) is 35.8 Å². The minimum atomic E-state index is 0.382. The van der Waals surface area contributed by atoms with Crippen molar-refractivity contribution in [3.8, 4) is 0 Å². The van der Waals surface area contributed by atoms with E-state index in [0.29, 0.717) is 34.5 Å². The average molecular weight is 298 g/mol. The zero-order valence-corrected chi connectivity index (χ0v) is 12.1. The number of guanidine groups is 1. The Morgan fingerprint density at radius 3 is 2.79 bits per heavy atom. The van der Waals surface area contributed by atoms with E-state index in [1.807, 2.05) is 18.2 Å². The summed E-state index contributed by atoms with van der Waals surface area (Å²) in [6, 6.07) is 6.21. The molecule has 0 radical (unpaired) electrons. The number of benzene rings is 1. The lowest BCUT2D eigenvalue weighted by Crippen LogP contribution is -2.46. The lowest BCUT2D eigenvalue weighted by molar-refractivity contribution is 0.323. The number of nitrogens with one attached hydrogen (secondary N) is 1. The van der Waals surface area contributed by atoms with E-state index in [9.17, 15) is 0 Å². The molecule has 0 aromatic heterocycles. The molecule has 0 unspecified atom stereocenters. The first-order chi connectivity index (χ1) is 9.10. The first-order valence-corrected chi connectivity index (χ1v) is 6.98. The van der Waals surface area contributed by atoms with Gasteiger partial charge in [0.05, 0.1) is 16.6 Å². The fourth-order valence-electron chi connectivity index (χ4n) is 2.19. The van der Waals surface area contributed by atoms with Gasteiger partial charge in [-0.05, 0) is 36.5 Å². The van der Waals surface area contributed by atoms with Crippen LogP contribution < -0.4 is 11.1 Å². The van der Waals surface area contributed by atoms with Crippen LogP contribution in [0.3, 0.4) is 0 Å². The number of nitrogens with zero attached hydrogens (tertiary/aromatic N) is 1. The Labute approximate surface area is 123 Å². The molecule has 1 aromatic rings. The van der Waals surface area contributed by atoms with Crippen LogP contribution >= 0.6 is 23.2 Å². The minimum Gasteiger partial charge on any atom is -0.370 e. The highest BCUT2D eigenvalue weighted by atomic mass is 35.5. The summed E-state index contributed by atoms with van der Waals surface area (Å²) in [5.41, 5.74) is 6.98. The van der Waals surface area contributed by atoms with Crippen LogP contribution in [0.5, 0.6) is 0 Å². The maximum absolute atomic E-state index is 6.02. The molecule has 1 aliphatic rings. The summed E-state index contributed by atoms with van der Waals surface area (Å²) in [5.74, 6) is 0.997. The highest BCUT2D eigenvalue weighted by Gasteiger charge is 2.30. The van der Waals surface area contributed by atoms with E-state index in [1.165, 1.54) is 5.56 Å². The summed E-state index contributed by atoms with van der Waals surface area (Å²) in [6.07, 6.45) is 3.78. The predicted octanol–water partition coefficient (Wildman–Crippen LogP) is 3.33. The number of nitrogens with two attached hydrogens (primary N) is 1. The van der Waals surface area contributed by atoms with Crippen molar-refractivity contribution in [3.63, 3.8) is 0 Å². The molecule has 0 bridgehead atoms. The lowest BCUT2D eigenvalue weighted by atomic mass is 9.76. The Kier molecular flexibility index (Phi) is 4.72. The van der Waals surface area contributed by atoms with Gasteiger partial charge in [-0.1, -0.05) is 35.3 Å². The minimum absolute atomic E-state index is 0.382.